The lowest BCUT2D eigenvalue weighted by atomic mass is 10.1. The van der Waals surface area contributed by atoms with Gasteiger partial charge in [0.05, 0.1) is 0 Å². The van der Waals surface area contributed by atoms with E-state index in [0.717, 1.165) is 43.6 Å². The van der Waals surface area contributed by atoms with Crippen molar-refractivity contribution in [1.29, 1.82) is 0 Å². The molecule has 0 radical (unpaired) electrons. The van der Waals surface area contributed by atoms with E-state index in [1.807, 2.05) is 18.2 Å². The van der Waals surface area contributed by atoms with Crippen molar-refractivity contribution in [3.63, 3.8) is 0 Å². The third-order valence-electron chi connectivity index (χ3n) is 4.09. The number of nitrogens with zero attached hydrogens (tertiary/aromatic N) is 3. The van der Waals surface area contributed by atoms with Crippen LogP contribution in [0.4, 0.5) is 5.95 Å². The van der Waals surface area contributed by atoms with Gasteiger partial charge in [-0.2, -0.15) is 4.98 Å². The third kappa shape index (κ3) is 2.35. The molecule has 6 heteroatoms. The molecule has 2 aliphatic rings. The van der Waals surface area contributed by atoms with Gasteiger partial charge in [0.15, 0.2) is 11.9 Å². The van der Waals surface area contributed by atoms with Gasteiger partial charge in [0.1, 0.15) is 5.75 Å². The smallest absolute Gasteiger partial charge is 0.244 e. The predicted molar refractivity (Wildman–Crippen MR) is 79.6 cm³/mol. The van der Waals surface area contributed by atoms with Crippen molar-refractivity contribution in [2.75, 3.05) is 24.5 Å². The van der Waals surface area contributed by atoms with Crippen LogP contribution in [0.25, 0.3) is 0 Å². The lowest BCUT2D eigenvalue weighted by Crippen LogP contribution is -2.49. The van der Waals surface area contributed by atoms with E-state index in [4.69, 9.17) is 4.74 Å². The first-order valence-electron chi connectivity index (χ1n) is 7.45. The SMILES string of the molecule is CC1CN(c2n[nH]c(C3Cc4ccccc4O3)n2)CCN1. The number of aromatic amines is 1. The Labute approximate surface area is 123 Å². The van der Waals surface area contributed by atoms with Crippen LogP contribution in [0.1, 0.15) is 24.4 Å². The molecule has 2 atom stereocenters. The largest absolute Gasteiger partial charge is 0.482 e. The quantitative estimate of drug-likeness (QED) is 0.870. The van der Waals surface area contributed by atoms with Crippen LogP contribution in [0, 0.1) is 0 Å². The number of benzene rings is 1. The second kappa shape index (κ2) is 5.04. The molecule has 1 saturated heterocycles. The van der Waals surface area contributed by atoms with E-state index >= 15 is 0 Å². The average molecular weight is 285 g/mol. The first-order chi connectivity index (χ1) is 10.3. The summed E-state index contributed by atoms with van der Waals surface area (Å²) in [5.41, 5.74) is 1.23. The van der Waals surface area contributed by atoms with Crippen molar-refractivity contribution < 1.29 is 4.74 Å². The zero-order valence-corrected chi connectivity index (χ0v) is 12.0. The van der Waals surface area contributed by atoms with Gasteiger partial charge in [0.25, 0.3) is 0 Å². The van der Waals surface area contributed by atoms with Gasteiger partial charge in [-0.15, -0.1) is 5.10 Å². The maximum Gasteiger partial charge on any atom is 0.244 e. The number of H-pyrrole nitrogens is 1. The van der Waals surface area contributed by atoms with Crippen molar-refractivity contribution in [3.05, 3.63) is 35.7 Å². The second-order valence-electron chi connectivity index (χ2n) is 5.74. The van der Waals surface area contributed by atoms with Gasteiger partial charge in [-0.05, 0) is 18.6 Å². The molecular weight excluding hydrogens is 266 g/mol. The van der Waals surface area contributed by atoms with E-state index in [-0.39, 0.29) is 6.10 Å². The first kappa shape index (κ1) is 12.6. The van der Waals surface area contributed by atoms with Crippen LogP contribution in [0.15, 0.2) is 24.3 Å². The minimum absolute atomic E-state index is 0.0519. The van der Waals surface area contributed by atoms with E-state index in [0.29, 0.717) is 6.04 Å². The Kier molecular flexibility index (Phi) is 3.03. The number of anilines is 1. The Balaban J connectivity index is 1.51. The number of aromatic nitrogens is 3. The summed E-state index contributed by atoms with van der Waals surface area (Å²) in [4.78, 5) is 6.85. The number of rotatable bonds is 2. The molecule has 0 spiro atoms. The molecule has 3 heterocycles. The summed E-state index contributed by atoms with van der Waals surface area (Å²) in [5, 5.41) is 10.8. The van der Waals surface area contributed by atoms with Crippen molar-refractivity contribution in [1.82, 2.24) is 20.5 Å². The van der Waals surface area contributed by atoms with Gasteiger partial charge in [-0.3, -0.25) is 5.10 Å². The monoisotopic (exact) mass is 285 g/mol. The summed E-state index contributed by atoms with van der Waals surface area (Å²) in [5.74, 6) is 2.54. The van der Waals surface area contributed by atoms with Crippen molar-refractivity contribution in [2.24, 2.45) is 0 Å². The normalized spacial score (nSPS) is 24.7. The number of ether oxygens (including phenoxy) is 1. The van der Waals surface area contributed by atoms with Crippen molar-refractivity contribution in [3.8, 4) is 5.75 Å². The molecule has 2 aliphatic heterocycles. The van der Waals surface area contributed by atoms with Gasteiger partial charge in [0, 0.05) is 32.1 Å². The molecular formula is C15H19N5O. The Morgan fingerprint density at radius 2 is 2.24 bits per heavy atom. The number of hydrogen-bond donors (Lipinski definition) is 2. The first-order valence-corrected chi connectivity index (χ1v) is 7.45. The van der Waals surface area contributed by atoms with E-state index in [1.54, 1.807) is 0 Å². The molecule has 21 heavy (non-hydrogen) atoms. The number of fused-ring (bicyclic) bond motifs is 1. The van der Waals surface area contributed by atoms with E-state index < -0.39 is 0 Å². The molecule has 2 unspecified atom stereocenters. The van der Waals surface area contributed by atoms with Gasteiger partial charge < -0.3 is 15.0 Å². The van der Waals surface area contributed by atoms with Crippen LogP contribution in [-0.2, 0) is 6.42 Å². The van der Waals surface area contributed by atoms with Gasteiger partial charge >= 0.3 is 0 Å². The summed E-state index contributed by atoms with van der Waals surface area (Å²) in [6, 6.07) is 8.61. The molecule has 0 saturated carbocycles. The zero-order chi connectivity index (χ0) is 14.2. The Bertz CT molecular complexity index is 615. The summed E-state index contributed by atoms with van der Waals surface area (Å²) in [6.45, 7) is 5.02. The average Bonchev–Trinajstić information content (AvgIpc) is 3.14. The van der Waals surface area contributed by atoms with Gasteiger partial charge in [-0.1, -0.05) is 18.2 Å². The molecule has 0 amide bonds. The fourth-order valence-corrected chi connectivity index (χ4v) is 3.00. The van der Waals surface area contributed by atoms with Gasteiger partial charge in [0.2, 0.25) is 5.95 Å². The van der Waals surface area contributed by atoms with Crippen LogP contribution >= 0.6 is 0 Å². The van der Waals surface area contributed by atoms with Crippen LogP contribution in [0.5, 0.6) is 5.75 Å². The minimum Gasteiger partial charge on any atom is -0.482 e. The minimum atomic E-state index is -0.0519. The highest BCUT2D eigenvalue weighted by Gasteiger charge is 2.28. The summed E-state index contributed by atoms with van der Waals surface area (Å²) in [6.07, 6.45) is 0.798. The molecule has 1 aromatic carbocycles. The maximum absolute atomic E-state index is 5.95. The topological polar surface area (TPSA) is 66.1 Å². The predicted octanol–water partition coefficient (Wildman–Crippen LogP) is 1.28. The van der Waals surface area contributed by atoms with Crippen molar-refractivity contribution >= 4 is 5.95 Å². The van der Waals surface area contributed by atoms with Crippen LogP contribution in [-0.4, -0.2) is 40.9 Å². The summed E-state index contributed by atoms with van der Waals surface area (Å²) >= 11 is 0. The number of hydrogen-bond acceptors (Lipinski definition) is 5. The number of para-hydroxylation sites is 1. The van der Waals surface area contributed by atoms with E-state index in [9.17, 15) is 0 Å². The Hall–Kier alpha value is -2.08. The molecule has 4 rings (SSSR count). The number of piperazine rings is 1. The molecule has 0 aliphatic carbocycles. The molecule has 6 nitrogen and oxygen atoms in total. The fourth-order valence-electron chi connectivity index (χ4n) is 3.00. The molecule has 2 N–H and O–H groups in total. The lowest BCUT2D eigenvalue weighted by molar-refractivity contribution is 0.228. The molecule has 1 aromatic heterocycles. The highest BCUT2D eigenvalue weighted by Crippen LogP contribution is 2.35. The Morgan fingerprint density at radius 1 is 1.33 bits per heavy atom. The lowest BCUT2D eigenvalue weighted by Gasteiger charge is -2.30. The summed E-state index contributed by atoms with van der Waals surface area (Å²) in [7, 11) is 0. The third-order valence-corrected chi connectivity index (χ3v) is 4.09. The molecule has 1 fully saturated rings. The van der Waals surface area contributed by atoms with E-state index in [2.05, 4.69) is 38.4 Å². The van der Waals surface area contributed by atoms with Crippen LogP contribution in [0.3, 0.4) is 0 Å². The fraction of sp³-hybridized carbons (Fsp3) is 0.467. The van der Waals surface area contributed by atoms with Crippen molar-refractivity contribution in [2.45, 2.75) is 25.5 Å². The Morgan fingerprint density at radius 3 is 3.10 bits per heavy atom. The van der Waals surface area contributed by atoms with Crippen LogP contribution in [0.2, 0.25) is 0 Å². The maximum atomic E-state index is 5.95. The highest BCUT2D eigenvalue weighted by atomic mass is 16.5. The van der Waals surface area contributed by atoms with Gasteiger partial charge in [-0.25, -0.2) is 0 Å². The zero-order valence-electron chi connectivity index (χ0n) is 12.0. The highest BCUT2D eigenvalue weighted by molar-refractivity contribution is 5.39. The number of nitrogens with one attached hydrogen (secondary N) is 2. The van der Waals surface area contributed by atoms with E-state index in [1.165, 1.54) is 5.56 Å². The molecule has 2 aromatic rings. The summed E-state index contributed by atoms with van der Waals surface area (Å²) < 4.78 is 5.95. The molecule has 110 valence electrons. The van der Waals surface area contributed by atoms with Crippen LogP contribution < -0.4 is 15.0 Å². The molecule has 0 bridgehead atoms. The standard InChI is InChI=1S/C15H19N5O/c1-10-9-20(7-6-16-10)15-17-14(18-19-15)13-8-11-4-2-3-5-12(11)21-13/h2-5,10,13,16H,6-9H2,1H3,(H,17,18,19). The second-order valence-corrected chi connectivity index (χ2v) is 5.74.